The summed E-state index contributed by atoms with van der Waals surface area (Å²) >= 11 is 0. The molecule has 25 heavy (non-hydrogen) atoms. The van der Waals surface area contributed by atoms with Crippen molar-refractivity contribution in [3.63, 3.8) is 0 Å². The first-order valence-corrected chi connectivity index (χ1v) is 9.44. The van der Waals surface area contributed by atoms with E-state index in [1.54, 1.807) is 0 Å². The Hall–Kier alpha value is -1.75. The molecule has 142 valence electrons. The SMILES string of the molecule is CCCCOc1ccc(C(CN)C(=O)OCCC)cc1OCCCC. The summed E-state index contributed by atoms with van der Waals surface area (Å²) in [5, 5.41) is 0. The van der Waals surface area contributed by atoms with Crippen molar-refractivity contribution in [1.82, 2.24) is 0 Å². The average Bonchev–Trinajstić information content (AvgIpc) is 2.62. The topological polar surface area (TPSA) is 70.8 Å². The van der Waals surface area contributed by atoms with E-state index in [-0.39, 0.29) is 12.5 Å². The van der Waals surface area contributed by atoms with Crippen LogP contribution in [-0.4, -0.2) is 32.3 Å². The van der Waals surface area contributed by atoms with Crippen molar-refractivity contribution in [2.75, 3.05) is 26.4 Å². The number of rotatable bonds is 13. The zero-order valence-electron chi connectivity index (χ0n) is 15.9. The molecule has 0 aliphatic heterocycles. The summed E-state index contributed by atoms with van der Waals surface area (Å²) in [4.78, 5) is 12.2. The third-order valence-corrected chi connectivity index (χ3v) is 3.85. The fourth-order valence-electron chi connectivity index (χ4n) is 2.30. The van der Waals surface area contributed by atoms with Crippen molar-refractivity contribution in [1.29, 1.82) is 0 Å². The van der Waals surface area contributed by atoms with Crippen molar-refractivity contribution in [3.05, 3.63) is 23.8 Å². The number of benzene rings is 1. The largest absolute Gasteiger partial charge is 0.490 e. The molecule has 0 bridgehead atoms. The lowest BCUT2D eigenvalue weighted by Crippen LogP contribution is -2.24. The normalized spacial score (nSPS) is 11.8. The highest BCUT2D eigenvalue weighted by molar-refractivity contribution is 5.78. The van der Waals surface area contributed by atoms with Gasteiger partial charge < -0.3 is 19.9 Å². The maximum absolute atomic E-state index is 12.2. The van der Waals surface area contributed by atoms with Gasteiger partial charge in [-0.2, -0.15) is 0 Å². The quantitative estimate of drug-likeness (QED) is 0.429. The van der Waals surface area contributed by atoms with Crippen LogP contribution in [0.15, 0.2) is 18.2 Å². The summed E-state index contributed by atoms with van der Waals surface area (Å²) in [5.74, 6) is 0.614. The number of carbonyl (C=O) groups excluding carboxylic acids is 1. The summed E-state index contributed by atoms with van der Waals surface area (Å²) in [7, 11) is 0. The Morgan fingerprint density at radius 3 is 2.16 bits per heavy atom. The van der Waals surface area contributed by atoms with Crippen molar-refractivity contribution < 1.29 is 19.0 Å². The molecule has 0 saturated carbocycles. The minimum absolute atomic E-state index is 0.201. The predicted molar refractivity (Wildman–Crippen MR) is 100 cm³/mol. The second-order valence-electron chi connectivity index (χ2n) is 6.07. The van der Waals surface area contributed by atoms with Gasteiger partial charge in [-0.1, -0.05) is 39.7 Å². The van der Waals surface area contributed by atoms with Gasteiger partial charge in [0.25, 0.3) is 0 Å². The van der Waals surface area contributed by atoms with Gasteiger partial charge in [-0.15, -0.1) is 0 Å². The van der Waals surface area contributed by atoms with Crippen LogP contribution in [0.25, 0.3) is 0 Å². The van der Waals surface area contributed by atoms with E-state index in [0.717, 1.165) is 37.7 Å². The van der Waals surface area contributed by atoms with Crippen LogP contribution in [0.3, 0.4) is 0 Å². The van der Waals surface area contributed by atoms with Gasteiger partial charge in [-0.3, -0.25) is 4.79 Å². The molecule has 0 radical (unpaired) electrons. The number of nitrogens with two attached hydrogens (primary N) is 1. The molecule has 1 unspecified atom stereocenters. The lowest BCUT2D eigenvalue weighted by Gasteiger charge is -2.18. The summed E-state index contributed by atoms with van der Waals surface area (Å²) in [5.41, 5.74) is 6.62. The molecule has 1 aromatic carbocycles. The highest BCUT2D eigenvalue weighted by Gasteiger charge is 2.22. The molecule has 0 fully saturated rings. The molecule has 5 heteroatoms. The van der Waals surface area contributed by atoms with Gasteiger partial charge in [0.2, 0.25) is 0 Å². The minimum atomic E-state index is -0.482. The summed E-state index contributed by atoms with van der Waals surface area (Å²) < 4.78 is 17.0. The second-order valence-corrected chi connectivity index (χ2v) is 6.07. The maximum atomic E-state index is 12.2. The number of unbranched alkanes of at least 4 members (excludes halogenated alkanes) is 2. The molecule has 5 nitrogen and oxygen atoms in total. The van der Waals surface area contributed by atoms with Gasteiger partial charge in [0.05, 0.1) is 25.7 Å². The van der Waals surface area contributed by atoms with Crippen LogP contribution >= 0.6 is 0 Å². The zero-order valence-corrected chi connectivity index (χ0v) is 15.9. The van der Waals surface area contributed by atoms with Crippen molar-refractivity contribution in [2.24, 2.45) is 5.73 Å². The Bertz CT molecular complexity index is 504. The van der Waals surface area contributed by atoms with Crippen LogP contribution in [0.4, 0.5) is 0 Å². The van der Waals surface area contributed by atoms with E-state index < -0.39 is 5.92 Å². The van der Waals surface area contributed by atoms with Crippen molar-refractivity contribution in [3.8, 4) is 11.5 Å². The molecule has 1 atom stereocenters. The number of hydrogen-bond donors (Lipinski definition) is 1. The third kappa shape index (κ3) is 7.34. The van der Waals surface area contributed by atoms with Crippen LogP contribution in [0.2, 0.25) is 0 Å². The highest BCUT2D eigenvalue weighted by Crippen LogP contribution is 2.32. The monoisotopic (exact) mass is 351 g/mol. The van der Waals surface area contributed by atoms with E-state index in [2.05, 4.69) is 13.8 Å². The molecule has 0 aliphatic carbocycles. The van der Waals surface area contributed by atoms with E-state index in [1.807, 2.05) is 25.1 Å². The molecule has 2 N–H and O–H groups in total. The van der Waals surface area contributed by atoms with Gasteiger partial charge in [0.1, 0.15) is 0 Å². The molecule has 1 rings (SSSR count). The fraction of sp³-hybridized carbons (Fsp3) is 0.650. The second kappa shape index (κ2) is 12.6. The standard InChI is InChI=1S/C20H33NO4/c1-4-7-12-23-18-10-9-16(14-19(18)24-13-8-5-2)17(15-21)20(22)25-11-6-3/h9-10,14,17H,4-8,11-13,15,21H2,1-3H3. The van der Waals surface area contributed by atoms with Gasteiger partial charge in [0.15, 0.2) is 11.5 Å². The molecule has 0 aliphatic rings. The lowest BCUT2D eigenvalue weighted by atomic mass is 9.99. The average molecular weight is 351 g/mol. The molecule has 0 amide bonds. The first kappa shape index (κ1) is 21.3. The molecular weight excluding hydrogens is 318 g/mol. The highest BCUT2D eigenvalue weighted by atomic mass is 16.5. The molecule has 0 saturated heterocycles. The van der Waals surface area contributed by atoms with Gasteiger partial charge in [-0.05, 0) is 37.0 Å². The molecule has 0 heterocycles. The number of carbonyl (C=O) groups is 1. The minimum Gasteiger partial charge on any atom is -0.490 e. The van der Waals surface area contributed by atoms with Crippen molar-refractivity contribution >= 4 is 5.97 Å². The number of ether oxygens (including phenoxy) is 3. The lowest BCUT2D eigenvalue weighted by molar-refractivity contribution is -0.145. The van der Waals surface area contributed by atoms with E-state index in [4.69, 9.17) is 19.9 Å². The molecule has 0 aromatic heterocycles. The van der Waals surface area contributed by atoms with E-state index >= 15 is 0 Å². The van der Waals surface area contributed by atoms with Crippen LogP contribution in [0.1, 0.15) is 64.4 Å². The fourth-order valence-corrected chi connectivity index (χ4v) is 2.30. The molecular formula is C20H33NO4. The molecule has 1 aromatic rings. The van der Waals surface area contributed by atoms with Crippen molar-refractivity contribution in [2.45, 2.75) is 58.8 Å². The Morgan fingerprint density at radius 1 is 0.960 bits per heavy atom. The van der Waals surface area contributed by atoms with Gasteiger partial charge in [0, 0.05) is 6.54 Å². The van der Waals surface area contributed by atoms with Gasteiger partial charge in [-0.25, -0.2) is 0 Å². The van der Waals surface area contributed by atoms with Crippen LogP contribution in [0.5, 0.6) is 11.5 Å². The molecule has 0 spiro atoms. The number of hydrogen-bond acceptors (Lipinski definition) is 5. The van der Waals surface area contributed by atoms with Crippen LogP contribution in [-0.2, 0) is 9.53 Å². The van der Waals surface area contributed by atoms with Crippen LogP contribution < -0.4 is 15.2 Å². The third-order valence-electron chi connectivity index (χ3n) is 3.85. The first-order valence-electron chi connectivity index (χ1n) is 9.44. The zero-order chi connectivity index (χ0) is 18.5. The maximum Gasteiger partial charge on any atom is 0.314 e. The predicted octanol–water partition coefficient (Wildman–Crippen LogP) is 4.04. The summed E-state index contributed by atoms with van der Waals surface area (Å²) in [6.07, 6.45) is 4.88. The van der Waals surface area contributed by atoms with E-state index in [0.29, 0.717) is 31.3 Å². The summed E-state index contributed by atoms with van der Waals surface area (Å²) in [6.45, 7) is 8.09. The Kier molecular flexibility index (Phi) is 10.7. The van der Waals surface area contributed by atoms with Crippen LogP contribution in [0, 0.1) is 0 Å². The van der Waals surface area contributed by atoms with Gasteiger partial charge >= 0.3 is 5.97 Å². The Balaban J connectivity index is 2.94. The Labute approximate surface area is 151 Å². The smallest absolute Gasteiger partial charge is 0.314 e. The number of esters is 1. The Morgan fingerprint density at radius 2 is 1.60 bits per heavy atom. The van der Waals surface area contributed by atoms with E-state index in [1.165, 1.54) is 0 Å². The van der Waals surface area contributed by atoms with E-state index in [9.17, 15) is 4.79 Å². The first-order chi connectivity index (χ1) is 12.2. The summed E-state index contributed by atoms with van der Waals surface area (Å²) in [6, 6.07) is 5.60.